The molecule has 1 aliphatic heterocycles. The molecule has 5 nitrogen and oxygen atoms in total. The van der Waals surface area contributed by atoms with Gasteiger partial charge in [-0.05, 0) is 6.92 Å². The lowest BCUT2D eigenvalue weighted by atomic mass is 10.2. The van der Waals surface area contributed by atoms with E-state index >= 15 is 0 Å². The largest absolute Gasteiger partial charge is 0.476 e. The van der Waals surface area contributed by atoms with E-state index < -0.39 is 5.97 Å². The topological polar surface area (TPSA) is 72.3 Å². The second kappa shape index (κ2) is 3.34. The third-order valence-electron chi connectivity index (χ3n) is 2.15. The predicted molar refractivity (Wildman–Crippen MR) is 47.1 cm³/mol. The Hall–Kier alpha value is -1.49. The summed E-state index contributed by atoms with van der Waals surface area (Å²) in [4.78, 5) is 19.0. The van der Waals surface area contributed by atoms with Gasteiger partial charge in [-0.25, -0.2) is 9.78 Å². The molecule has 0 aliphatic carbocycles. The highest BCUT2D eigenvalue weighted by molar-refractivity contribution is 5.86. The normalized spacial score (nSPS) is 14.9. The number of carboxylic acid groups (broad SMARTS) is 1. The smallest absolute Gasteiger partial charge is 0.356 e. The highest BCUT2D eigenvalue weighted by atomic mass is 16.5. The Morgan fingerprint density at radius 2 is 2.21 bits per heavy atom. The van der Waals surface area contributed by atoms with Gasteiger partial charge in [0.1, 0.15) is 0 Å². The molecule has 1 N–H and O–H groups in total. The van der Waals surface area contributed by atoms with Crippen molar-refractivity contribution >= 4 is 5.97 Å². The number of ether oxygens (including phenoxy) is 1. The molecule has 74 valence electrons. The number of aryl methyl sites for hydroxylation is 1. The third-order valence-corrected chi connectivity index (χ3v) is 2.15. The molecule has 5 heteroatoms. The van der Waals surface area contributed by atoms with Gasteiger partial charge in [-0.3, -0.25) is 4.98 Å². The van der Waals surface area contributed by atoms with E-state index in [1.54, 1.807) is 6.92 Å². The van der Waals surface area contributed by atoms with Gasteiger partial charge in [0, 0.05) is 6.42 Å². The van der Waals surface area contributed by atoms with Gasteiger partial charge in [-0.1, -0.05) is 0 Å². The summed E-state index contributed by atoms with van der Waals surface area (Å²) in [6.07, 6.45) is 0.711. The quantitative estimate of drug-likeness (QED) is 0.707. The summed E-state index contributed by atoms with van der Waals surface area (Å²) in [6.45, 7) is 2.66. The number of fused-ring (bicyclic) bond motifs is 1. The number of hydrogen-bond donors (Lipinski definition) is 1. The van der Waals surface area contributed by atoms with Gasteiger partial charge in [0.05, 0.1) is 30.3 Å². The molecule has 0 fully saturated rings. The van der Waals surface area contributed by atoms with Gasteiger partial charge >= 0.3 is 5.97 Å². The van der Waals surface area contributed by atoms with E-state index in [0.717, 1.165) is 5.69 Å². The van der Waals surface area contributed by atoms with Gasteiger partial charge in [0.15, 0.2) is 5.69 Å². The molecule has 2 heterocycles. The Morgan fingerprint density at radius 1 is 1.43 bits per heavy atom. The second-order valence-electron chi connectivity index (χ2n) is 3.16. The number of carbonyl (C=O) groups is 1. The highest BCUT2D eigenvalue weighted by Gasteiger charge is 2.18. The Balaban J connectivity index is 2.50. The van der Waals surface area contributed by atoms with Crippen LogP contribution in [0.2, 0.25) is 0 Å². The summed E-state index contributed by atoms with van der Waals surface area (Å²) >= 11 is 0. The SMILES string of the molecule is Cc1nc2c(nc1C(=O)O)COCC2. The predicted octanol–water partition coefficient (Wildman–Crippen LogP) is 0.556. The zero-order valence-electron chi connectivity index (χ0n) is 7.78. The molecule has 2 rings (SSSR count). The van der Waals surface area contributed by atoms with Crippen LogP contribution in [0, 0.1) is 6.92 Å². The molecule has 14 heavy (non-hydrogen) atoms. The van der Waals surface area contributed by atoms with Crippen LogP contribution in [-0.2, 0) is 17.8 Å². The van der Waals surface area contributed by atoms with Crippen LogP contribution in [0.4, 0.5) is 0 Å². The summed E-state index contributed by atoms with van der Waals surface area (Å²) in [6, 6.07) is 0. The van der Waals surface area contributed by atoms with E-state index in [4.69, 9.17) is 9.84 Å². The van der Waals surface area contributed by atoms with E-state index in [-0.39, 0.29) is 5.69 Å². The van der Waals surface area contributed by atoms with Crippen molar-refractivity contribution in [3.8, 4) is 0 Å². The molecular formula is C9H10N2O3. The standard InChI is InChI=1S/C9H10N2O3/c1-5-8(9(12)13)11-7-4-14-3-2-6(7)10-5/h2-4H2,1H3,(H,12,13). The van der Waals surface area contributed by atoms with Crippen molar-refractivity contribution in [3.05, 3.63) is 22.8 Å². The van der Waals surface area contributed by atoms with Crippen molar-refractivity contribution in [2.24, 2.45) is 0 Å². The van der Waals surface area contributed by atoms with Gasteiger partial charge in [-0.15, -0.1) is 0 Å². The van der Waals surface area contributed by atoms with Crippen LogP contribution in [0.5, 0.6) is 0 Å². The molecule has 0 bridgehead atoms. The number of aromatic carboxylic acids is 1. The average molecular weight is 194 g/mol. The number of nitrogens with zero attached hydrogens (tertiary/aromatic N) is 2. The minimum atomic E-state index is -1.04. The van der Waals surface area contributed by atoms with Crippen LogP contribution in [0.15, 0.2) is 0 Å². The maximum atomic E-state index is 10.8. The van der Waals surface area contributed by atoms with Gasteiger partial charge < -0.3 is 9.84 Å². The lowest BCUT2D eigenvalue weighted by Crippen LogP contribution is -2.18. The zero-order chi connectivity index (χ0) is 10.1. The van der Waals surface area contributed by atoms with Crippen LogP contribution in [0.1, 0.15) is 27.6 Å². The van der Waals surface area contributed by atoms with Crippen LogP contribution in [0.25, 0.3) is 0 Å². The van der Waals surface area contributed by atoms with Crippen molar-refractivity contribution in [1.82, 2.24) is 9.97 Å². The van der Waals surface area contributed by atoms with Crippen molar-refractivity contribution in [3.63, 3.8) is 0 Å². The Bertz CT molecular complexity index is 390. The van der Waals surface area contributed by atoms with E-state index in [2.05, 4.69) is 9.97 Å². The molecule has 1 aromatic heterocycles. The first kappa shape index (κ1) is 9.08. The Kier molecular flexibility index (Phi) is 2.17. The van der Waals surface area contributed by atoms with E-state index in [9.17, 15) is 4.79 Å². The maximum absolute atomic E-state index is 10.8. The molecule has 0 saturated carbocycles. The molecular weight excluding hydrogens is 184 g/mol. The Labute approximate surface area is 80.8 Å². The fraction of sp³-hybridized carbons (Fsp3) is 0.444. The van der Waals surface area contributed by atoms with Crippen LogP contribution >= 0.6 is 0 Å². The van der Waals surface area contributed by atoms with E-state index in [1.807, 2.05) is 0 Å². The minimum absolute atomic E-state index is 0.0225. The van der Waals surface area contributed by atoms with Gasteiger partial charge in [0.25, 0.3) is 0 Å². The maximum Gasteiger partial charge on any atom is 0.356 e. The average Bonchev–Trinajstić information content (AvgIpc) is 2.16. The number of carboxylic acids is 1. The van der Waals surface area contributed by atoms with Crippen molar-refractivity contribution in [2.75, 3.05) is 6.61 Å². The van der Waals surface area contributed by atoms with E-state index in [0.29, 0.717) is 31.0 Å². The molecule has 0 saturated heterocycles. The van der Waals surface area contributed by atoms with Crippen LogP contribution in [-0.4, -0.2) is 27.7 Å². The minimum Gasteiger partial charge on any atom is -0.476 e. The molecule has 0 aromatic carbocycles. The van der Waals surface area contributed by atoms with E-state index in [1.165, 1.54) is 0 Å². The highest BCUT2D eigenvalue weighted by Crippen LogP contribution is 2.14. The fourth-order valence-electron chi connectivity index (χ4n) is 1.46. The lowest BCUT2D eigenvalue weighted by Gasteiger charge is -2.15. The lowest BCUT2D eigenvalue weighted by molar-refractivity contribution is 0.0685. The van der Waals surface area contributed by atoms with Crippen LogP contribution < -0.4 is 0 Å². The van der Waals surface area contributed by atoms with Crippen molar-refractivity contribution < 1.29 is 14.6 Å². The summed E-state index contributed by atoms with van der Waals surface area (Å²) in [5, 5.41) is 8.82. The summed E-state index contributed by atoms with van der Waals surface area (Å²) in [5.74, 6) is -1.04. The molecule has 0 unspecified atom stereocenters. The molecule has 1 aromatic rings. The summed E-state index contributed by atoms with van der Waals surface area (Å²) in [5.41, 5.74) is 2.01. The second-order valence-corrected chi connectivity index (χ2v) is 3.16. The first-order chi connectivity index (χ1) is 6.68. The number of hydrogen-bond acceptors (Lipinski definition) is 4. The summed E-state index contributed by atoms with van der Waals surface area (Å²) in [7, 11) is 0. The van der Waals surface area contributed by atoms with Gasteiger partial charge in [0.2, 0.25) is 0 Å². The first-order valence-corrected chi connectivity index (χ1v) is 4.36. The molecule has 0 spiro atoms. The molecule has 0 radical (unpaired) electrons. The van der Waals surface area contributed by atoms with Crippen molar-refractivity contribution in [2.45, 2.75) is 20.0 Å². The zero-order valence-corrected chi connectivity index (χ0v) is 7.78. The number of aromatic nitrogens is 2. The first-order valence-electron chi connectivity index (χ1n) is 4.36. The number of rotatable bonds is 1. The van der Waals surface area contributed by atoms with Gasteiger partial charge in [-0.2, -0.15) is 0 Å². The van der Waals surface area contributed by atoms with Crippen molar-refractivity contribution in [1.29, 1.82) is 0 Å². The Morgan fingerprint density at radius 3 is 2.93 bits per heavy atom. The summed E-state index contributed by atoms with van der Waals surface area (Å²) < 4.78 is 5.18. The molecule has 0 atom stereocenters. The molecule has 0 amide bonds. The fourth-order valence-corrected chi connectivity index (χ4v) is 1.46. The third kappa shape index (κ3) is 1.46. The molecule has 1 aliphatic rings. The van der Waals surface area contributed by atoms with Crippen LogP contribution in [0.3, 0.4) is 0 Å². The monoisotopic (exact) mass is 194 g/mol.